The van der Waals surface area contributed by atoms with E-state index in [0.29, 0.717) is 19.7 Å². The van der Waals surface area contributed by atoms with Gasteiger partial charge in [0.1, 0.15) is 6.10 Å². The molecule has 1 unspecified atom stereocenters. The summed E-state index contributed by atoms with van der Waals surface area (Å²) in [6, 6.07) is 13.2. The van der Waals surface area contributed by atoms with E-state index in [2.05, 4.69) is 0 Å². The van der Waals surface area contributed by atoms with Crippen LogP contribution in [0.1, 0.15) is 22.0 Å². The molecule has 1 atom stereocenters. The monoisotopic (exact) mass is 328 g/mol. The smallest absolute Gasteiger partial charge is 0.311 e. The van der Waals surface area contributed by atoms with Gasteiger partial charge in [-0.2, -0.15) is 0 Å². The Hall–Kier alpha value is -2.93. The fourth-order valence-electron chi connectivity index (χ4n) is 2.69. The topological polar surface area (TPSA) is 92.9 Å². The summed E-state index contributed by atoms with van der Waals surface area (Å²) >= 11 is 0. The molecule has 1 aliphatic heterocycles. The van der Waals surface area contributed by atoms with E-state index in [1.54, 1.807) is 4.90 Å². The van der Waals surface area contributed by atoms with E-state index in [9.17, 15) is 20.0 Å². The van der Waals surface area contributed by atoms with Crippen molar-refractivity contribution >= 4 is 11.6 Å². The maximum absolute atomic E-state index is 12.6. The summed E-state index contributed by atoms with van der Waals surface area (Å²) in [6.07, 6.45) is -0.226. The van der Waals surface area contributed by atoms with Gasteiger partial charge in [-0.1, -0.05) is 30.3 Å². The number of amides is 1. The molecule has 7 nitrogen and oxygen atoms in total. The van der Waals surface area contributed by atoms with Crippen molar-refractivity contribution in [3.05, 3.63) is 69.8 Å². The summed E-state index contributed by atoms with van der Waals surface area (Å²) in [5.74, 6) is -0.775. The molecule has 2 aromatic carbocycles. The number of rotatable bonds is 3. The molecule has 3 rings (SSSR count). The molecule has 1 fully saturated rings. The molecule has 124 valence electrons. The highest BCUT2D eigenvalue weighted by molar-refractivity contribution is 5.95. The van der Waals surface area contributed by atoms with Gasteiger partial charge in [0.15, 0.2) is 5.75 Å². The van der Waals surface area contributed by atoms with Crippen LogP contribution in [-0.2, 0) is 4.74 Å². The SMILES string of the molecule is O=C(c1ccc(O)c([N+](=O)[O-])c1)N1CCOC(c2ccccc2)C1. The third-order valence-electron chi connectivity index (χ3n) is 3.94. The Labute approximate surface area is 138 Å². The zero-order valence-corrected chi connectivity index (χ0v) is 12.8. The number of phenols is 1. The van der Waals surface area contributed by atoms with Crippen molar-refractivity contribution in [2.75, 3.05) is 19.7 Å². The first kappa shape index (κ1) is 15.9. The van der Waals surface area contributed by atoms with Crippen molar-refractivity contribution in [2.45, 2.75) is 6.10 Å². The summed E-state index contributed by atoms with van der Waals surface area (Å²) in [5.41, 5.74) is 0.675. The number of nitrogens with zero attached hydrogens (tertiary/aromatic N) is 2. The Balaban J connectivity index is 1.80. The Kier molecular flexibility index (Phi) is 4.43. The van der Waals surface area contributed by atoms with Gasteiger partial charge in [0, 0.05) is 18.2 Å². The number of carbonyl (C=O) groups excluding carboxylic acids is 1. The number of nitro benzene ring substituents is 1. The number of hydrogen-bond acceptors (Lipinski definition) is 5. The van der Waals surface area contributed by atoms with Crippen LogP contribution < -0.4 is 0 Å². The maximum atomic E-state index is 12.6. The summed E-state index contributed by atoms with van der Waals surface area (Å²) in [6.45, 7) is 1.18. The van der Waals surface area contributed by atoms with Crippen LogP contribution in [-0.4, -0.2) is 40.5 Å². The van der Waals surface area contributed by atoms with Crippen LogP contribution in [0.25, 0.3) is 0 Å². The van der Waals surface area contributed by atoms with Gasteiger partial charge in [-0.15, -0.1) is 0 Å². The van der Waals surface area contributed by atoms with Crippen LogP contribution in [0.2, 0.25) is 0 Å². The third-order valence-corrected chi connectivity index (χ3v) is 3.94. The Morgan fingerprint density at radius 1 is 1.25 bits per heavy atom. The average molecular weight is 328 g/mol. The molecule has 24 heavy (non-hydrogen) atoms. The summed E-state index contributed by atoms with van der Waals surface area (Å²) < 4.78 is 5.72. The van der Waals surface area contributed by atoms with Crippen LogP contribution in [0.3, 0.4) is 0 Å². The molecule has 1 amide bonds. The Morgan fingerprint density at radius 3 is 2.71 bits per heavy atom. The minimum absolute atomic E-state index is 0.174. The van der Waals surface area contributed by atoms with E-state index in [4.69, 9.17) is 4.74 Å². The van der Waals surface area contributed by atoms with Gasteiger partial charge in [0.25, 0.3) is 5.91 Å². The molecule has 0 spiro atoms. The van der Waals surface area contributed by atoms with Crippen LogP contribution >= 0.6 is 0 Å². The first-order valence-electron chi connectivity index (χ1n) is 7.49. The number of aromatic hydroxyl groups is 1. The lowest BCUT2D eigenvalue weighted by Crippen LogP contribution is -2.42. The molecule has 0 bridgehead atoms. The van der Waals surface area contributed by atoms with Crippen molar-refractivity contribution in [3.8, 4) is 5.75 Å². The van der Waals surface area contributed by atoms with E-state index in [1.807, 2.05) is 30.3 Å². The predicted molar refractivity (Wildman–Crippen MR) is 85.8 cm³/mol. The molecule has 1 heterocycles. The summed E-state index contributed by atoms with van der Waals surface area (Å²) in [5, 5.41) is 20.4. The third kappa shape index (κ3) is 3.21. The fourth-order valence-corrected chi connectivity index (χ4v) is 2.69. The number of nitro groups is 1. The van der Waals surface area contributed by atoms with E-state index >= 15 is 0 Å². The number of phenolic OH excluding ortho intramolecular Hbond substituents is 1. The molecule has 0 radical (unpaired) electrons. The number of carbonyl (C=O) groups is 1. The molecule has 7 heteroatoms. The zero-order valence-electron chi connectivity index (χ0n) is 12.8. The van der Waals surface area contributed by atoms with E-state index in [-0.39, 0.29) is 17.6 Å². The number of hydrogen-bond donors (Lipinski definition) is 1. The van der Waals surface area contributed by atoms with Gasteiger partial charge in [-0.3, -0.25) is 14.9 Å². The van der Waals surface area contributed by atoms with Gasteiger partial charge < -0.3 is 14.7 Å². The van der Waals surface area contributed by atoms with Crippen LogP contribution in [0, 0.1) is 10.1 Å². The van der Waals surface area contributed by atoms with Gasteiger partial charge in [-0.25, -0.2) is 0 Å². The van der Waals surface area contributed by atoms with Gasteiger partial charge in [0.05, 0.1) is 18.1 Å². The van der Waals surface area contributed by atoms with Crippen molar-refractivity contribution in [3.63, 3.8) is 0 Å². The second-order valence-corrected chi connectivity index (χ2v) is 5.48. The molecular formula is C17H16N2O5. The zero-order chi connectivity index (χ0) is 17.1. The Bertz CT molecular complexity index is 763. The first-order valence-corrected chi connectivity index (χ1v) is 7.49. The number of benzene rings is 2. The molecule has 0 saturated carbocycles. The molecule has 0 aromatic heterocycles. The van der Waals surface area contributed by atoms with Crippen molar-refractivity contribution in [2.24, 2.45) is 0 Å². The quantitative estimate of drug-likeness (QED) is 0.690. The maximum Gasteiger partial charge on any atom is 0.311 e. The largest absolute Gasteiger partial charge is 0.502 e. The average Bonchev–Trinajstić information content (AvgIpc) is 2.62. The molecule has 1 saturated heterocycles. The summed E-state index contributed by atoms with van der Waals surface area (Å²) in [7, 11) is 0. The highest BCUT2D eigenvalue weighted by Crippen LogP contribution is 2.28. The minimum atomic E-state index is -0.710. The Morgan fingerprint density at radius 2 is 2.00 bits per heavy atom. The highest BCUT2D eigenvalue weighted by Gasteiger charge is 2.27. The van der Waals surface area contributed by atoms with E-state index in [1.165, 1.54) is 12.1 Å². The molecule has 1 aliphatic rings. The van der Waals surface area contributed by atoms with Crippen molar-refractivity contribution in [1.29, 1.82) is 0 Å². The fraction of sp³-hybridized carbons (Fsp3) is 0.235. The number of morpholine rings is 1. The molecular weight excluding hydrogens is 312 g/mol. The van der Waals surface area contributed by atoms with Gasteiger partial charge in [0.2, 0.25) is 0 Å². The molecule has 2 aromatic rings. The number of ether oxygens (including phenoxy) is 1. The minimum Gasteiger partial charge on any atom is -0.502 e. The van der Waals surface area contributed by atoms with Crippen LogP contribution in [0.4, 0.5) is 5.69 Å². The van der Waals surface area contributed by atoms with Gasteiger partial charge in [-0.05, 0) is 17.7 Å². The van der Waals surface area contributed by atoms with Gasteiger partial charge >= 0.3 is 5.69 Å². The van der Waals surface area contributed by atoms with Crippen molar-refractivity contribution in [1.82, 2.24) is 4.90 Å². The normalized spacial score (nSPS) is 17.5. The second kappa shape index (κ2) is 6.67. The van der Waals surface area contributed by atoms with Crippen LogP contribution in [0.5, 0.6) is 5.75 Å². The lowest BCUT2D eigenvalue weighted by atomic mass is 10.1. The standard InChI is InChI=1S/C17H16N2O5/c20-15-7-6-13(10-14(15)19(22)23)17(21)18-8-9-24-16(11-18)12-4-2-1-3-5-12/h1-7,10,16,20H,8-9,11H2. The van der Waals surface area contributed by atoms with E-state index < -0.39 is 16.4 Å². The van der Waals surface area contributed by atoms with Crippen molar-refractivity contribution < 1.29 is 19.6 Å². The molecule has 1 N–H and O–H groups in total. The molecule has 0 aliphatic carbocycles. The highest BCUT2D eigenvalue weighted by atomic mass is 16.6. The lowest BCUT2D eigenvalue weighted by Gasteiger charge is -2.33. The summed E-state index contributed by atoms with van der Waals surface area (Å²) in [4.78, 5) is 24.4. The lowest BCUT2D eigenvalue weighted by molar-refractivity contribution is -0.385. The first-order chi connectivity index (χ1) is 11.6. The predicted octanol–water partition coefficient (Wildman–Crippen LogP) is 2.51. The van der Waals surface area contributed by atoms with E-state index in [0.717, 1.165) is 11.6 Å². The second-order valence-electron chi connectivity index (χ2n) is 5.48. The van der Waals surface area contributed by atoms with Crippen LogP contribution in [0.15, 0.2) is 48.5 Å².